The van der Waals surface area contributed by atoms with Crippen molar-refractivity contribution in [1.82, 2.24) is 5.32 Å². The van der Waals surface area contributed by atoms with Gasteiger partial charge in [0.25, 0.3) is 0 Å². The first-order valence-corrected chi connectivity index (χ1v) is 3.38. The van der Waals surface area contributed by atoms with Gasteiger partial charge in [-0.1, -0.05) is 0 Å². The number of alkyl halides is 3. The Balaban J connectivity index is 4.21. The third-order valence-electron chi connectivity index (χ3n) is 1.31. The molecule has 82 valence electrons. The molecule has 0 radical (unpaired) electrons. The van der Waals surface area contributed by atoms with Crippen LogP contribution in [0, 0.1) is 0 Å². The van der Waals surface area contributed by atoms with Crippen molar-refractivity contribution in [3.63, 3.8) is 0 Å². The van der Waals surface area contributed by atoms with Gasteiger partial charge in [-0.15, -0.1) is 0 Å². The highest BCUT2D eigenvalue weighted by molar-refractivity contribution is 5.83. The number of carbonyl (C=O) groups excluding carboxylic acids is 1. The van der Waals surface area contributed by atoms with Crippen molar-refractivity contribution in [1.29, 1.82) is 0 Å². The maximum atomic E-state index is 11.6. The number of aliphatic carboxylic acids is 1. The number of hydrogen-bond donors (Lipinski definition) is 3. The van der Waals surface area contributed by atoms with Crippen LogP contribution in [0.3, 0.4) is 0 Å². The number of halogens is 3. The Hall–Kier alpha value is -1.31. The number of carbonyl (C=O) groups is 2. The van der Waals surface area contributed by atoms with Gasteiger partial charge in [-0.2, -0.15) is 13.2 Å². The predicted octanol–water partition coefficient (Wildman–Crippen LogP) is -0.500. The van der Waals surface area contributed by atoms with Crippen LogP contribution in [0.15, 0.2) is 0 Å². The molecule has 0 fully saturated rings. The van der Waals surface area contributed by atoms with E-state index in [4.69, 9.17) is 10.2 Å². The van der Waals surface area contributed by atoms with Crippen molar-refractivity contribution >= 4 is 11.9 Å². The van der Waals surface area contributed by atoms with Gasteiger partial charge in [0, 0.05) is 0 Å². The maximum absolute atomic E-state index is 11.6. The zero-order valence-electron chi connectivity index (χ0n) is 7.05. The molecule has 8 heteroatoms. The molecule has 0 spiro atoms. The molecule has 3 N–H and O–H groups in total. The third kappa shape index (κ3) is 3.60. The molecule has 0 rings (SSSR count). The Kier molecular flexibility index (Phi) is 3.47. The van der Waals surface area contributed by atoms with Crippen molar-refractivity contribution in [3.8, 4) is 0 Å². The molecule has 5 nitrogen and oxygen atoms in total. The Morgan fingerprint density at radius 2 is 1.79 bits per heavy atom. The molecule has 0 heterocycles. The van der Waals surface area contributed by atoms with E-state index < -0.39 is 30.2 Å². The largest absolute Gasteiger partial charge is 0.479 e. The van der Waals surface area contributed by atoms with E-state index in [1.807, 2.05) is 0 Å². The van der Waals surface area contributed by atoms with Gasteiger partial charge in [-0.05, 0) is 6.92 Å². The average molecular weight is 215 g/mol. The summed E-state index contributed by atoms with van der Waals surface area (Å²) in [6.45, 7) is -0.243. The molecule has 0 aromatic carbocycles. The summed E-state index contributed by atoms with van der Waals surface area (Å²) in [6, 6.07) is 0. The van der Waals surface area contributed by atoms with Crippen LogP contribution in [0.5, 0.6) is 0 Å². The number of nitrogens with one attached hydrogen (secondary N) is 1. The fourth-order valence-corrected chi connectivity index (χ4v) is 0.428. The summed E-state index contributed by atoms with van der Waals surface area (Å²) in [5, 5.41) is 18.4. The summed E-state index contributed by atoms with van der Waals surface area (Å²) in [5.41, 5.74) is -2.42. The summed E-state index contributed by atoms with van der Waals surface area (Å²) >= 11 is 0. The van der Waals surface area contributed by atoms with Crippen LogP contribution >= 0.6 is 0 Å². The minimum atomic E-state index is -5.09. The summed E-state index contributed by atoms with van der Waals surface area (Å²) in [5.74, 6) is -4.01. The van der Waals surface area contributed by atoms with E-state index in [9.17, 15) is 22.8 Å². The maximum Gasteiger partial charge on any atom is 0.471 e. The molecule has 0 aromatic heterocycles. The molecule has 1 unspecified atom stereocenters. The molecule has 0 aliphatic heterocycles. The second-order valence-electron chi connectivity index (χ2n) is 2.76. The van der Waals surface area contributed by atoms with Crippen LogP contribution < -0.4 is 5.32 Å². The monoisotopic (exact) mass is 215 g/mol. The van der Waals surface area contributed by atoms with Crippen LogP contribution in [-0.4, -0.2) is 40.4 Å². The first kappa shape index (κ1) is 12.7. The van der Waals surface area contributed by atoms with Crippen LogP contribution in [0.4, 0.5) is 13.2 Å². The molecule has 0 saturated heterocycles. The third-order valence-corrected chi connectivity index (χ3v) is 1.31. The molecule has 14 heavy (non-hydrogen) atoms. The molecular formula is C6H8F3NO4. The van der Waals surface area contributed by atoms with E-state index in [0.717, 1.165) is 6.92 Å². The van der Waals surface area contributed by atoms with E-state index in [0.29, 0.717) is 0 Å². The molecule has 0 bridgehead atoms. The van der Waals surface area contributed by atoms with E-state index in [1.54, 1.807) is 0 Å². The van der Waals surface area contributed by atoms with Gasteiger partial charge in [0.05, 0.1) is 6.54 Å². The van der Waals surface area contributed by atoms with Crippen molar-refractivity contribution in [2.75, 3.05) is 6.54 Å². The molecule has 1 amide bonds. The van der Waals surface area contributed by atoms with E-state index in [2.05, 4.69) is 0 Å². The van der Waals surface area contributed by atoms with E-state index in [1.165, 1.54) is 5.32 Å². The van der Waals surface area contributed by atoms with Crippen LogP contribution in [0.25, 0.3) is 0 Å². The fraction of sp³-hybridized carbons (Fsp3) is 0.667. The summed E-state index contributed by atoms with van der Waals surface area (Å²) in [4.78, 5) is 20.4. The molecule has 0 saturated carbocycles. The topological polar surface area (TPSA) is 86.6 Å². The lowest BCUT2D eigenvalue weighted by Gasteiger charge is -2.18. The normalized spacial score (nSPS) is 15.8. The highest BCUT2D eigenvalue weighted by Gasteiger charge is 2.40. The quantitative estimate of drug-likeness (QED) is 0.592. The SMILES string of the molecule is CC(O)(CNC(=O)C(F)(F)F)C(=O)O. The van der Waals surface area contributed by atoms with Crippen molar-refractivity contribution < 1.29 is 33.0 Å². The highest BCUT2D eigenvalue weighted by atomic mass is 19.4. The number of rotatable bonds is 3. The summed E-state index contributed by atoms with van der Waals surface area (Å²) in [7, 11) is 0. The number of hydrogen-bond acceptors (Lipinski definition) is 3. The van der Waals surface area contributed by atoms with Crippen molar-refractivity contribution in [2.24, 2.45) is 0 Å². The summed E-state index contributed by atoms with van der Waals surface area (Å²) in [6.07, 6.45) is -5.09. The van der Waals surface area contributed by atoms with Gasteiger partial charge in [-0.3, -0.25) is 4.79 Å². The Morgan fingerprint density at radius 1 is 1.36 bits per heavy atom. The molecular weight excluding hydrogens is 207 g/mol. The van der Waals surface area contributed by atoms with Gasteiger partial charge < -0.3 is 15.5 Å². The van der Waals surface area contributed by atoms with Crippen LogP contribution in [0.2, 0.25) is 0 Å². The highest BCUT2D eigenvalue weighted by Crippen LogP contribution is 2.14. The number of carboxylic acids is 1. The van der Waals surface area contributed by atoms with Gasteiger partial charge in [0.2, 0.25) is 0 Å². The second-order valence-corrected chi connectivity index (χ2v) is 2.76. The molecule has 0 aliphatic carbocycles. The summed E-state index contributed by atoms with van der Waals surface area (Å²) < 4.78 is 34.8. The fourth-order valence-electron chi connectivity index (χ4n) is 0.428. The predicted molar refractivity (Wildman–Crippen MR) is 37.3 cm³/mol. The number of carboxylic acid groups (broad SMARTS) is 1. The lowest BCUT2D eigenvalue weighted by atomic mass is 10.1. The van der Waals surface area contributed by atoms with Crippen LogP contribution in [0.1, 0.15) is 6.92 Å². The number of aliphatic hydroxyl groups is 1. The first-order valence-electron chi connectivity index (χ1n) is 3.38. The van der Waals surface area contributed by atoms with E-state index >= 15 is 0 Å². The molecule has 1 atom stereocenters. The van der Waals surface area contributed by atoms with Gasteiger partial charge >= 0.3 is 18.1 Å². The molecule has 0 aliphatic rings. The second kappa shape index (κ2) is 3.82. The lowest BCUT2D eigenvalue weighted by Crippen LogP contribution is -2.49. The van der Waals surface area contributed by atoms with Crippen molar-refractivity contribution in [2.45, 2.75) is 18.7 Å². The lowest BCUT2D eigenvalue weighted by molar-refractivity contribution is -0.175. The van der Waals surface area contributed by atoms with Gasteiger partial charge in [0.1, 0.15) is 0 Å². The van der Waals surface area contributed by atoms with Gasteiger partial charge in [0.15, 0.2) is 5.60 Å². The Labute approximate surface area is 76.5 Å². The Bertz CT molecular complexity index is 248. The minimum Gasteiger partial charge on any atom is -0.479 e. The minimum absolute atomic E-state index is 0.770. The van der Waals surface area contributed by atoms with Crippen LogP contribution in [-0.2, 0) is 9.59 Å². The van der Waals surface area contributed by atoms with Gasteiger partial charge in [-0.25, -0.2) is 4.79 Å². The average Bonchev–Trinajstić information content (AvgIpc) is 1.98. The smallest absolute Gasteiger partial charge is 0.471 e. The first-order chi connectivity index (χ1) is 6.07. The Morgan fingerprint density at radius 3 is 2.07 bits per heavy atom. The zero-order chi connectivity index (χ0) is 11.6. The number of amides is 1. The van der Waals surface area contributed by atoms with Crippen molar-refractivity contribution in [3.05, 3.63) is 0 Å². The molecule has 0 aromatic rings. The van der Waals surface area contributed by atoms with E-state index in [-0.39, 0.29) is 0 Å². The standard InChI is InChI=1S/C6H8F3NO4/c1-5(14,4(12)13)2-10-3(11)6(7,8)9/h14H,2H2,1H3,(H,10,11)(H,12,13). The zero-order valence-corrected chi connectivity index (χ0v) is 7.05.